The molecule has 5 nitrogen and oxygen atoms in total. The highest BCUT2D eigenvalue weighted by atomic mass is 32.2. The number of fused-ring (bicyclic) bond motifs is 1. The number of aromatic nitrogens is 1. The summed E-state index contributed by atoms with van der Waals surface area (Å²) >= 11 is 0. The number of nitrogens with one attached hydrogen (secondary N) is 1. The van der Waals surface area contributed by atoms with E-state index >= 15 is 0 Å². The average Bonchev–Trinajstić information content (AvgIpc) is 3.00. The number of carbonyl (C=O) groups excluding carboxylic acids is 1. The van der Waals surface area contributed by atoms with Gasteiger partial charge in [0, 0.05) is 30.2 Å². The summed E-state index contributed by atoms with van der Waals surface area (Å²) in [5.41, 5.74) is 1.50. The number of amides is 1. The number of para-hydroxylation sites is 1. The molecule has 1 unspecified atom stereocenters. The first-order chi connectivity index (χ1) is 9.48. The molecule has 0 bridgehead atoms. The van der Waals surface area contributed by atoms with Crippen molar-refractivity contribution in [3.63, 3.8) is 0 Å². The summed E-state index contributed by atoms with van der Waals surface area (Å²) in [5, 5.41) is 0.866. The molecule has 6 heteroatoms. The van der Waals surface area contributed by atoms with Crippen LogP contribution < -0.4 is 0 Å². The minimum absolute atomic E-state index is 0.0671. The molecule has 1 aromatic heterocycles. The van der Waals surface area contributed by atoms with Crippen LogP contribution in [0.2, 0.25) is 0 Å². The van der Waals surface area contributed by atoms with Gasteiger partial charge in [0.25, 0.3) is 5.91 Å². The van der Waals surface area contributed by atoms with E-state index in [0.29, 0.717) is 12.0 Å². The van der Waals surface area contributed by atoms with Crippen LogP contribution in [0.1, 0.15) is 16.8 Å². The molecule has 0 saturated carbocycles. The molecule has 20 heavy (non-hydrogen) atoms. The molecule has 1 N–H and O–H groups in total. The summed E-state index contributed by atoms with van der Waals surface area (Å²) in [4.78, 5) is 17.1. The summed E-state index contributed by atoms with van der Waals surface area (Å²) in [5.74, 6) is 0.102. The molecule has 0 spiro atoms. The molecule has 0 aliphatic carbocycles. The second-order valence-corrected chi connectivity index (χ2v) is 7.45. The maximum absolute atomic E-state index is 12.5. The SMILES string of the molecule is CN(C(=O)c1c[nH]c2ccccc12)C1CCS(=O)(=O)C1. The van der Waals surface area contributed by atoms with Gasteiger partial charge >= 0.3 is 0 Å². The molecule has 2 aromatic rings. The molecule has 1 fully saturated rings. The third kappa shape index (κ3) is 2.20. The lowest BCUT2D eigenvalue weighted by molar-refractivity contribution is 0.0749. The number of H-pyrrole nitrogens is 1. The Kier molecular flexibility index (Phi) is 3.05. The van der Waals surface area contributed by atoms with Gasteiger partial charge in [0.2, 0.25) is 0 Å². The fraction of sp³-hybridized carbons (Fsp3) is 0.357. The van der Waals surface area contributed by atoms with Crippen molar-refractivity contribution in [3.8, 4) is 0 Å². The summed E-state index contributed by atoms with van der Waals surface area (Å²) in [6.07, 6.45) is 2.21. The van der Waals surface area contributed by atoms with Gasteiger partial charge in [-0.3, -0.25) is 4.79 Å². The molecule has 3 rings (SSSR count). The summed E-state index contributed by atoms with van der Waals surface area (Å²) < 4.78 is 23.0. The van der Waals surface area contributed by atoms with Crippen molar-refractivity contribution in [2.75, 3.05) is 18.6 Å². The number of nitrogens with zero attached hydrogens (tertiary/aromatic N) is 1. The second kappa shape index (κ2) is 4.63. The van der Waals surface area contributed by atoms with Gasteiger partial charge in [0.1, 0.15) is 0 Å². The predicted molar refractivity (Wildman–Crippen MR) is 77.5 cm³/mol. The fourth-order valence-electron chi connectivity index (χ4n) is 2.69. The highest BCUT2D eigenvalue weighted by molar-refractivity contribution is 7.91. The standard InChI is InChI=1S/C14H16N2O3S/c1-16(10-6-7-20(18,19)9-10)14(17)12-8-15-13-5-3-2-4-11(12)13/h2-5,8,10,15H,6-7,9H2,1H3. The lowest BCUT2D eigenvalue weighted by Crippen LogP contribution is -2.37. The largest absolute Gasteiger partial charge is 0.360 e. The Hall–Kier alpha value is -1.82. The van der Waals surface area contributed by atoms with E-state index in [-0.39, 0.29) is 23.5 Å². The molecule has 1 atom stereocenters. The molecule has 1 amide bonds. The van der Waals surface area contributed by atoms with Gasteiger partial charge in [0.15, 0.2) is 9.84 Å². The Bertz CT molecular complexity index is 764. The first-order valence-corrected chi connectivity index (χ1v) is 8.34. The van der Waals surface area contributed by atoms with Crippen LogP contribution in [0.3, 0.4) is 0 Å². The van der Waals surface area contributed by atoms with Crippen molar-refractivity contribution in [2.45, 2.75) is 12.5 Å². The van der Waals surface area contributed by atoms with E-state index in [9.17, 15) is 13.2 Å². The fourth-order valence-corrected chi connectivity index (χ4v) is 4.46. The van der Waals surface area contributed by atoms with Gasteiger partial charge in [-0.25, -0.2) is 8.42 Å². The molecule has 1 aromatic carbocycles. The Morgan fingerprint density at radius 2 is 2.10 bits per heavy atom. The van der Waals surface area contributed by atoms with Gasteiger partial charge in [-0.2, -0.15) is 0 Å². The van der Waals surface area contributed by atoms with Crippen LogP contribution in [-0.2, 0) is 9.84 Å². The van der Waals surface area contributed by atoms with Crippen molar-refractivity contribution < 1.29 is 13.2 Å². The van der Waals surface area contributed by atoms with Crippen LogP contribution in [-0.4, -0.2) is 48.8 Å². The van der Waals surface area contributed by atoms with Gasteiger partial charge in [-0.05, 0) is 12.5 Å². The van der Waals surface area contributed by atoms with Crippen molar-refractivity contribution in [1.82, 2.24) is 9.88 Å². The van der Waals surface area contributed by atoms with Crippen molar-refractivity contribution in [3.05, 3.63) is 36.0 Å². The number of carbonyl (C=O) groups is 1. The predicted octanol–water partition coefficient (Wildman–Crippen LogP) is 1.43. The van der Waals surface area contributed by atoms with Crippen LogP contribution in [0, 0.1) is 0 Å². The number of hydrogen-bond donors (Lipinski definition) is 1. The lowest BCUT2D eigenvalue weighted by Gasteiger charge is -2.23. The van der Waals surface area contributed by atoms with Gasteiger partial charge in [0.05, 0.1) is 17.1 Å². The van der Waals surface area contributed by atoms with Crippen molar-refractivity contribution in [1.29, 1.82) is 0 Å². The number of aromatic amines is 1. The molecular formula is C14H16N2O3S. The van der Waals surface area contributed by atoms with E-state index in [2.05, 4.69) is 4.98 Å². The number of sulfone groups is 1. The molecule has 1 aliphatic rings. The topological polar surface area (TPSA) is 70.2 Å². The Balaban J connectivity index is 1.89. The average molecular weight is 292 g/mol. The Labute approximate surface area is 117 Å². The number of benzene rings is 1. The normalized spacial score (nSPS) is 21.1. The highest BCUT2D eigenvalue weighted by Crippen LogP contribution is 2.22. The lowest BCUT2D eigenvalue weighted by atomic mass is 10.1. The van der Waals surface area contributed by atoms with Gasteiger partial charge in [-0.1, -0.05) is 18.2 Å². The third-order valence-electron chi connectivity index (χ3n) is 3.90. The first kappa shape index (κ1) is 13.2. The van der Waals surface area contributed by atoms with Crippen LogP contribution in [0.25, 0.3) is 10.9 Å². The minimum Gasteiger partial charge on any atom is -0.360 e. The minimum atomic E-state index is -2.99. The summed E-state index contributed by atoms with van der Waals surface area (Å²) in [6, 6.07) is 7.36. The number of hydrogen-bond acceptors (Lipinski definition) is 3. The van der Waals surface area contributed by atoms with E-state index in [0.717, 1.165) is 10.9 Å². The highest BCUT2D eigenvalue weighted by Gasteiger charge is 2.33. The molecule has 0 radical (unpaired) electrons. The first-order valence-electron chi connectivity index (χ1n) is 6.52. The summed E-state index contributed by atoms with van der Waals surface area (Å²) in [6.45, 7) is 0. The zero-order valence-electron chi connectivity index (χ0n) is 11.2. The maximum Gasteiger partial charge on any atom is 0.256 e. The van der Waals surface area contributed by atoms with Crippen LogP contribution >= 0.6 is 0 Å². The Morgan fingerprint density at radius 1 is 1.35 bits per heavy atom. The third-order valence-corrected chi connectivity index (χ3v) is 5.65. The summed E-state index contributed by atoms with van der Waals surface area (Å²) in [7, 11) is -1.31. The van der Waals surface area contributed by atoms with E-state index in [1.807, 2.05) is 24.3 Å². The van der Waals surface area contributed by atoms with Crippen LogP contribution in [0.15, 0.2) is 30.5 Å². The quantitative estimate of drug-likeness (QED) is 0.910. The maximum atomic E-state index is 12.5. The molecule has 2 heterocycles. The molecule has 1 aliphatic heterocycles. The molecule has 106 valence electrons. The Morgan fingerprint density at radius 3 is 2.80 bits per heavy atom. The van der Waals surface area contributed by atoms with E-state index in [1.165, 1.54) is 0 Å². The van der Waals surface area contributed by atoms with Crippen molar-refractivity contribution >= 4 is 26.6 Å². The van der Waals surface area contributed by atoms with Crippen LogP contribution in [0.4, 0.5) is 0 Å². The zero-order chi connectivity index (χ0) is 14.3. The monoisotopic (exact) mass is 292 g/mol. The smallest absolute Gasteiger partial charge is 0.256 e. The van der Waals surface area contributed by atoms with Gasteiger partial charge < -0.3 is 9.88 Å². The molecular weight excluding hydrogens is 276 g/mol. The van der Waals surface area contributed by atoms with Crippen molar-refractivity contribution in [2.24, 2.45) is 0 Å². The zero-order valence-corrected chi connectivity index (χ0v) is 12.0. The number of rotatable bonds is 2. The van der Waals surface area contributed by atoms with E-state index in [4.69, 9.17) is 0 Å². The van der Waals surface area contributed by atoms with Gasteiger partial charge in [-0.15, -0.1) is 0 Å². The van der Waals surface area contributed by atoms with E-state index < -0.39 is 9.84 Å². The second-order valence-electron chi connectivity index (χ2n) is 5.22. The molecule has 1 saturated heterocycles. The van der Waals surface area contributed by atoms with E-state index in [1.54, 1.807) is 18.1 Å². The van der Waals surface area contributed by atoms with Crippen LogP contribution in [0.5, 0.6) is 0 Å².